The Balaban J connectivity index is 1.71. The fourth-order valence-electron chi connectivity index (χ4n) is 2.41. The number of thiazole rings is 1. The molecule has 1 aliphatic rings. The van der Waals surface area contributed by atoms with Crippen LogP contribution in [-0.4, -0.2) is 22.6 Å². The standard InChI is InChI=1S/C14H16ClNOS/c1-9-6-7-12(17-9)10(15)8-14-16-11-4-2-3-5-13(11)18-14/h2-5,9-10,12H,6-8H2,1H3. The summed E-state index contributed by atoms with van der Waals surface area (Å²) in [5.41, 5.74) is 1.07. The Morgan fingerprint density at radius 3 is 3.00 bits per heavy atom. The Hall–Kier alpha value is -0.640. The molecule has 18 heavy (non-hydrogen) atoms. The van der Waals surface area contributed by atoms with Crippen LogP contribution in [-0.2, 0) is 11.2 Å². The van der Waals surface area contributed by atoms with E-state index in [1.165, 1.54) is 4.70 Å². The predicted octanol–water partition coefficient (Wildman–Crippen LogP) is 4.01. The fourth-order valence-corrected chi connectivity index (χ4v) is 3.85. The first-order valence-corrected chi connectivity index (χ1v) is 7.61. The van der Waals surface area contributed by atoms with Crippen molar-refractivity contribution in [3.05, 3.63) is 29.3 Å². The molecule has 1 aromatic heterocycles. The van der Waals surface area contributed by atoms with E-state index in [9.17, 15) is 0 Å². The molecule has 3 rings (SSSR count). The Morgan fingerprint density at radius 2 is 2.28 bits per heavy atom. The largest absolute Gasteiger partial charge is 0.374 e. The second-order valence-electron chi connectivity index (χ2n) is 4.86. The molecule has 1 aliphatic heterocycles. The molecule has 4 heteroatoms. The summed E-state index contributed by atoms with van der Waals surface area (Å²) in [5, 5.41) is 1.15. The van der Waals surface area contributed by atoms with Gasteiger partial charge in [-0.2, -0.15) is 0 Å². The lowest BCUT2D eigenvalue weighted by Gasteiger charge is -2.16. The number of rotatable bonds is 3. The number of benzene rings is 1. The highest BCUT2D eigenvalue weighted by Gasteiger charge is 2.29. The molecule has 1 fully saturated rings. The molecule has 0 N–H and O–H groups in total. The maximum atomic E-state index is 6.46. The van der Waals surface area contributed by atoms with Crippen LogP contribution in [0.25, 0.3) is 10.2 Å². The molecular formula is C14H16ClNOS. The van der Waals surface area contributed by atoms with Crippen molar-refractivity contribution in [3.63, 3.8) is 0 Å². The van der Waals surface area contributed by atoms with Crippen LogP contribution in [0.3, 0.4) is 0 Å². The van der Waals surface area contributed by atoms with Gasteiger partial charge in [-0.15, -0.1) is 22.9 Å². The summed E-state index contributed by atoms with van der Waals surface area (Å²) in [6, 6.07) is 8.22. The van der Waals surface area contributed by atoms with Gasteiger partial charge in [0.25, 0.3) is 0 Å². The molecule has 96 valence electrons. The lowest BCUT2D eigenvalue weighted by molar-refractivity contribution is 0.0535. The minimum absolute atomic E-state index is 0.0375. The van der Waals surface area contributed by atoms with Crippen LogP contribution in [0.4, 0.5) is 0 Å². The number of alkyl halides is 1. The second-order valence-corrected chi connectivity index (χ2v) is 6.53. The zero-order valence-corrected chi connectivity index (χ0v) is 11.9. The van der Waals surface area contributed by atoms with Gasteiger partial charge >= 0.3 is 0 Å². The SMILES string of the molecule is CC1CCC(C(Cl)Cc2nc3ccccc3s2)O1. The minimum Gasteiger partial charge on any atom is -0.374 e. The Labute approximate surface area is 116 Å². The molecule has 2 heterocycles. The number of halogens is 1. The van der Waals surface area contributed by atoms with Crippen molar-refractivity contribution in [1.29, 1.82) is 0 Å². The maximum Gasteiger partial charge on any atom is 0.0954 e. The van der Waals surface area contributed by atoms with E-state index in [2.05, 4.69) is 18.0 Å². The first-order valence-electron chi connectivity index (χ1n) is 6.36. The Bertz CT molecular complexity index is 508. The summed E-state index contributed by atoms with van der Waals surface area (Å²) in [6.07, 6.45) is 3.53. The Kier molecular flexibility index (Phi) is 3.55. The number of ether oxygens (including phenoxy) is 1. The zero-order valence-electron chi connectivity index (χ0n) is 10.3. The third-order valence-corrected chi connectivity index (χ3v) is 4.87. The molecule has 0 radical (unpaired) electrons. The molecule has 0 aliphatic carbocycles. The van der Waals surface area contributed by atoms with Crippen LogP contribution in [0.15, 0.2) is 24.3 Å². The first-order chi connectivity index (χ1) is 8.72. The van der Waals surface area contributed by atoms with Crippen molar-refractivity contribution in [2.45, 2.75) is 43.8 Å². The van der Waals surface area contributed by atoms with E-state index in [0.717, 1.165) is 29.8 Å². The van der Waals surface area contributed by atoms with Crippen molar-refractivity contribution in [2.75, 3.05) is 0 Å². The summed E-state index contributed by atoms with van der Waals surface area (Å²) < 4.78 is 7.05. The van der Waals surface area contributed by atoms with Gasteiger partial charge in [-0.25, -0.2) is 4.98 Å². The second kappa shape index (κ2) is 5.16. The molecule has 0 saturated carbocycles. The van der Waals surface area contributed by atoms with Crippen molar-refractivity contribution in [2.24, 2.45) is 0 Å². The minimum atomic E-state index is 0.0375. The van der Waals surface area contributed by atoms with Crippen LogP contribution in [0.1, 0.15) is 24.8 Å². The fraction of sp³-hybridized carbons (Fsp3) is 0.500. The molecule has 1 aromatic carbocycles. The van der Waals surface area contributed by atoms with Crippen molar-refractivity contribution < 1.29 is 4.74 Å². The summed E-state index contributed by atoms with van der Waals surface area (Å²) in [6.45, 7) is 2.11. The number of hydrogen-bond donors (Lipinski definition) is 0. The van der Waals surface area contributed by atoms with E-state index in [1.807, 2.05) is 18.2 Å². The smallest absolute Gasteiger partial charge is 0.0954 e. The van der Waals surface area contributed by atoms with Gasteiger partial charge in [0.15, 0.2) is 0 Å². The van der Waals surface area contributed by atoms with Gasteiger partial charge in [-0.1, -0.05) is 12.1 Å². The third kappa shape index (κ3) is 2.53. The highest BCUT2D eigenvalue weighted by Crippen LogP contribution is 2.29. The summed E-state index contributed by atoms with van der Waals surface area (Å²) in [7, 11) is 0. The van der Waals surface area contributed by atoms with Gasteiger partial charge in [-0.3, -0.25) is 0 Å². The maximum absolute atomic E-state index is 6.46. The van der Waals surface area contributed by atoms with Crippen molar-refractivity contribution in [3.8, 4) is 0 Å². The normalized spacial score (nSPS) is 25.7. The van der Waals surface area contributed by atoms with Crippen LogP contribution < -0.4 is 0 Å². The number of para-hydroxylation sites is 1. The van der Waals surface area contributed by atoms with E-state index in [-0.39, 0.29) is 11.5 Å². The van der Waals surface area contributed by atoms with Crippen molar-refractivity contribution in [1.82, 2.24) is 4.98 Å². The molecule has 2 nitrogen and oxygen atoms in total. The van der Waals surface area contributed by atoms with Crippen molar-refractivity contribution >= 4 is 33.2 Å². The summed E-state index contributed by atoms with van der Waals surface area (Å²) in [5.74, 6) is 0. The van der Waals surface area contributed by atoms with Crippen LogP contribution >= 0.6 is 22.9 Å². The molecular weight excluding hydrogens is 266 g/mol. The van der Waals surface area contributed by atoms with Gasteiger partial charge in [0.05, 0.1) is 32.8 Å². The van der Waals surface area contributed by atoms with E-state index < -0.39 is 0 Å². The number of aromatic nitrogens is 1. The Morgan fingerprint density at radius 1 is 1.44 bits per heavy atom. The lowest BCUT2D eigenvalue weighted by Crippen LogP contribution is -2.23. The molecule has 0 bridgehead atoms. The van der Waals surface area contributed by atoms with Gasteiger partial charge in [0.2, 0.25) is 0 Å². The van der Waals surface area contributed by atoms with Crippen LogP contribution in [0.5, 0.6) is 0 Å². The highest BCUT2D eigenvalue weighted by molar-refractivity contribution is 7.18. The van der Waals surface area contributed by atoms with E-state index in [4.69, 9.17) is 16.3 Å². The van der Waals surface area contributed by atoms with Crippen LogP contribution in [0, 0.1) is 0 Å². The number of hydrogen-bond acceptors (Lipinski definition) is 3. The molecule has 3 atom stereocenters. The van der Waals surface area contributed by atoms with E-state index >= 15 is 0 Å². The molecule has 1 saturated heterocycles. The average molecular weight is 282 g/mol. The van der Waals surface area contributed by atoms with Gasteiger partial charge in [-0.05, 0) is 31.9 Å². The van der Waals surface area contributed by atoms with Gasteiger partial charge in [0.1, 0.15) is 0 Å². The molecule has 0 spiro atoms. The first kappa shape index (κ1) is 12.4. The molecule has 2 aromatic rings. The highest BCUT2D eigenvalue weighted by atomic mass is 35.5. The summed E-state index contributed by atoms with van der Waals surface area (Å²) >= 11 is 8.19. The van der Waals surface area contributed by atoms with Gasteiger partial charge < -0.3 is 4.74 Å². The van der Waals surface area contributed by atoms with Gasteiger partial charge in [0, 0.05) is 6.42 Å². The van der Waals surface area contributed by atoms with Crippen LogP contribution in [0.2, 0.25) is 0 Å². The number of fused-ring (bicyclic) bond motifs is 1. The third-order valence-electron chi connectivity index (χ3n) is 3.38. The predicted molar refractivity (Wildman–Crippen MR) is 76.5 cm³/mol. The molecule has 3 unspecified atom stereocenters. The number of nitrogens with zero attached hydrogens (tertiary/aromatic N) is 1. The zero-order chi connectivity index (χ0) is 12.5. The molecule has 0 amide bonds. The quantitative estimate of drug-likeness (QED) is 0.793. The van der Waals surface area contributed by atoms with E-state index in [0.29, 0.717) is 6.10 Å². The summed E-state index contributed by atoms with van der Waals surface area (Å²) in [4.78, 5) is 4.62. The topological polar surface area (TPSA) is 22.1 Å². The lowest BCUT2D eigenvalue weighted by atomic mass is 10.1. The average Bonchev–Trinajstić information content (AvgIpc) is 2.94. The monoisotopic (exact) mass is 281 g/mol. The van der Waals surface area contributed by atoms with E-state index in [1.54, 1.807) is 11.3 Å².